The molecule has 2 heterocycles. The molecule has 0 atom stereocenters. The van der Waals surface area contributed by atoms with Crippen molar-refractivity contribution in [3.8, 4) is 11.5 Å². The number of methoxy groups -OCH3 is 1. The minimum Gasteiger partial charge on any atom is -0.497 e. The highest BCUT2D eigenvalue weighted by atomic mass is 32.2. The maximum absolute atomic E-state index is 13.4. The number of carbonyl (C=O) groups is 1. The third kappa shape index (κ3) is 7.22. The fraction of sp³-hybridized carbons (Fsp3) is 0.481. The number of carbonyl (C=O) groups excluding carboxylic acids is 1. The van der Waals surface area contributed by atoms with Crippen LogP contribution < -0.4 is 14.4 Å². The zero-order valence-electron chi connectivity index (χ0n) is 21.9. The second kappa shape index (κ2) is 13.4. The smallest absolute Gasteiger partial charge is 0.228 e. The molecule has 38 heavy (non-hydrogen) atoms. The number of nitrogens with zero attached hydrogens (tertiary/aromatic N) is 3. The van der Waals surface area contributed by atoms with Crippen molar-refractivity contribution in [3.05, 3.63) is 42.5 Å². The minimum atomic E-state index is -3.51. The van der Waals surface area contributed by atoms with Gasteiger partial charge in [0.25, 0.3) is 0 Å². The van der Waals surface area contributed by atoms with Crippen LogP contribution in [-0.4, -0.2) is 83.1 Å². The molecule has 1 aliphatic rings. The molecule has 0 unspecified atom stereocenters. The molecule has 0 saturated carbocycles. The third-order valence-corrected chi connectivity index (χ3v) is 9.24. The fourth-order valence-electron chi connectivity index (χ4n) is 4.35. The molecule has 0 radical (unpaired) electrons. The predicted molar refractivity (Wildman–Crippen MR) is 149 cm³/mol. The number of sulfone groups is 1. The standard InChI is InChI=1S/C27H35N3O6S2/c1-3-36-23-7-4-8-24-26(23)28-27(37-24)30(15-6-14-29-16-18-35-19-17-29)25(31)9-5-20-38(32,33)22-12-10-21(34-2)11-13-22/h4,7-8,10-13H,3,5-6,9,14-20H2,1-2H3. The van der Waals surface area contributed by atoms with Crippen molar-refractivity contribution in [2.45, 2.75) is 31.1 Å². The Bertz CT molecular complexity index is 1300. The summed E-state index contributed by atoms with van der Waals surface area (Å²) in [7, 11) is -1.98. The Balaban J connectivity index is 1.45. The number of rotatable bonds is 13. The molecule has 1 saturated heterocycles. The van der Waals surface area contributed by atoms with Crippen molar-refractivity contribution >= 4 is 42.4 Å². The van der Waals surface area contributed by atoms with Gasteiger partial charge in [-0.1, -0.05) is 17.4 Å². The summed E-state index contributed by atoms with van der Waals surface area (Å²) >= 11 is 1.45. The Morgan fingerprint density at radius 1 is 1.13 bits per heavy atom. The van der Waals surface area contributed by atoms with Crippen molar-refractivity contribution in [3.63, 3.8) is 0 Å². The van der Waals surface area contributed by atoms with E-state index >= 15 is 0 Å². The van der Waals surface area contributed by atoms with Crippen LogP contribution >= 0.6 is 11.3 Å². The molecule has 0 N–H and O–H groups in total. The van der Waals surface area contributed by atoms with Crippen molar-refractivity contribution in [1.82, 2.24) is 9.88 Å². The number of fused-ring (bicyclic) bond motifs is 1. The van der Waals surface area contributed by atoms with Crippen molar-refractivity contribution < 1.29 is 27.4 Å². The van der Waals surface area contributed by atoms with Crippen LogP contribution in [-0.2, 0) is 19.4 Å². The fourth-order valence-corrected chi connectivity index (χ4v) is 6.69. The number of hydrogen-bond acceptors (Lipinski definition) is 9. The zero-order chi connectivity index (χ0) is 27.0. The molecule has 1 fully saturated rings. The lowest BCUT2D eigenvalue weighted by atomic mass is 10.2. The third-order valence-electron chi connectivity index (χ3n) is 6.38. The largest absolute Gasteiger partial charge is 0.497 e. The van der Waals surface area contributed by atoms with Crippen LogP contribution in [0.5, 0.6) is 11.5 Å². The van der Waals surface area contributed by atoms with Gasteiger partial charge in [-0.25, -0.2) is 13.4 Å². The first-order valence-electron chi connectivity index (χ1n) is 12.9. The Labute approximate surface area is 228 Å². The number of benzene rings is 2. The van der Waals surface area contributed by atoms with E-state index in [2.05, 4.69) is 4.90 Å². The Morgan fingerprint density at radius 3 is 2.61 bits per heavy atom. The number of aromatic nitrogens is 1. The summed E-state index contributed by atoms with van der Waals surface area (Å²) in [6.45, 7) is 7.03. The van der Waals surface area contributed by atoms with E-state index in [1.165, 1.54) is 30.6 Å². The highest BCUT2D eigenvalue weighted by Crippen LogP contribution is 2.34. The van der Waals surface area contributed by atoms with Crippen LogP contribution in [0.2, 0.25) is 0 Å². The molecular weight excluding hydrogens is 526 g/mol. The first-order valence-corrected chi connectivity index (χ1v) is 15.4. The Hall–Kier alpha value is -2.73. The van der Waals surface area contributed by atoms with Crippen molar-refractivity contribution in [2.75, 3.05) is 63.8 Å². The summed E-state index contributed by atoms with van der Waals surface area (Å²) in [6.07, 6.45) is 1.12. The lowest BCUT2D eigenvalue weighted by Crippen LogP contribution is -2.39. The van der Waals surface area contributed by atoms with Gasteiger partial charge in [0.1, 0.15) is 17.0 Å². The molecule has 2 aromatic carbocycles. The van der Waals surface area contributed by atoms with Crippen LogP contribution in [0, 0.1) is 0 Å². The van der Waals surface area contributed by atoms with Crippen LogP contribution in [0.3, 0.4) is 0 Å². The van der Waals surface area contributed by atoms with Gasteiger partial charge in [0.05, 0.1) is 42.3 Å². The molecule has 3 aromatic rings. The van der Waals surface area contributed by atoms with Crippen LogP contribution in [0.4, 0.5) is 5.13 Å². The maximum atomic E-state index is 13.4. The number of morpholine rings is 1. The number of amides is 1. The van der Waals surface area contributed by atoms with Crippen molar-refractivity contribution in [2.24, 2.45) is 0 Å². The quantitative estimate of drug-likeness (QED) is 0.309. The summed E-state index contributed by atoms with van der Waals surface area (Å²) in [5.74, 6) is 1.05. The van der Waals surface area contributed by atoms with E-state index in [-0.39, 0.29) is 29.4 Å². The van der Waals surface area contributed by atoms with Gasteiger partial charge in [0.2, 0.25) is 5.91 Å². The Kier molecular flexibility index (Phi) is 9.95. The van der Waals surface area contributed by atoms with Crippen molar-refractivity contribution in [1.29, 1.82) is 0 Å². The molecule has 1 aliphatic heterocycles. The zero-order valence-corrected chi connectivity index (χ0v) is 23.6. The van der Waals surface area contributed by atoms with E-state index in [1.807, 2.05) is 25.1 Å². The van der Waals surface area contributed by atoms with E-state index in [0.717, 1.165) is 49.5 Å². The molecule has 4 rings (SSSR count). The first-order chi connectivity index (χ1) is 18.4. The molecule has 206 valence electrons. The van der Waals surface area contributed by atoms with Crippen LogP contribution in [0.15, 0.2) is 47.4 Å². The summed E-state index contributed by atoms with van der Waals surface area (Å²) in [6, 6.07) is 12.1. The van der Waals surface area contributed by atoms with E-state index in [0.29, 0.717) is 29.8 Å². The monoisotopic (exact) mass is 561 g/mol. The van der Waals surface area contributed by atoms with E-state index in [9.17, 15) is 13.2 Å². The highest BCUT2D eigenvalue weighted by molar-refractivity contribution is 7.91. The average molecular weight is 562 g/mol. The molecule has 1 amide bonds. The molecule has 0 aliphatic carbocycles. The lowest BCUT2D eigenvalue weighted by Gasteiger charge is -2.27. The maximum Gasteiger partial charge on any atom is 0.228 e. The first kappa shape index (κ1) is 28.3. The minimum absolute atomic E-state index is 0.110. The molecule has 0 bridgehead atoms. The number of anilines is 1. The van der Waals surface area contributed by atoms with Gasteiger partial charge in [-0.15, -0.1) is 0 Å². The summed E-state index contributed by atoms with van der Waals surface area (Å²) in [5.41, 5.74) is 0.738. The predicted octanol–water partition coefficient (Wildman–Crippen LogP) is 4.01. The van der Waals surface area contributed by atoms with Gasteiger partial charge in [0.15, 0.2) is 15.0 Å². The molecule has 1 aromatic heterocycles. The van der Waals surface area contributed by atoms with Crippen LogP contribution in [0.1, 0.15) is 26.2 Å². The number of thiazole rings is 1. The summed E-state index contributed by atoms with van der Waals surface area (Å²) < 4.78 is 42.8. The normalized spacial score (nSPS) is 14.5. The van der Waals surface area contributed by atoms with Gasteiger partial charge in [-0.05, 0) is 56.2 Å². The van der Waals surface area contributed by atoms with Gasteiger partial charge >= 0.3 is 0 Å². The number of para-hydroxylation sites is 1. The van der Waals surface area contributed by atoms with Gasteiger partial charge in [-0.2, -0.15) is 0 Å². The summed E-state index contributed by atoms with van der Waals surface area (Å²) in [4.78, 5) is 22.5. The van der Waals surface area contributed by atoms with Gasteiger partial charge in [0, 0.05) is 32.6 Å². The highest BCUT2D eigenvalue weighted by Gasteiger charge is 2.23. The SMILES string of the molecule is CCOc1cccc2sc(N(CCCN3CCOCC3)C(=O)CCCS(=O)(=O)c3ccc(OC)cc3)nc12. The second-order valence-electron chi connectivity index (χ2n) is 8.98. The van der Waals surface area contributed by atoms with Gasteiger partial charge in [-0.3, -0.25) is 14.6 Å². The van der Waals surface area contributed by atoms with E-state index in [4.69, 9.17) is 19.2 Å². The Morgan fingerprint density at radius 2 is 1.89 bits per heavy atom. The van der Waals surface area contributed by atoms with Gasteiger partial charge < -0.3 is 14.2 Å². The molecule has 9 nitrogen and oxygen atoms in total. The van der Waals surface area contributed by atoms with E-state index in [1.54, 1.807) is 17.0 Å². The topological polar surface area (TPSA) is 98.3 Å². The molecule has 11 heteroatoms. The lowest BCUT2D eigenvalue weighted by molar-refractivity contribution is -0.118. The average Bonchev–Trinajstić information content (AvgIpc) is 3.36. The number of hydrogen-bond donors (Lipinski definition) is 0. The number of ether oxygens (including phenoxy) is 3. The summed E-state index contributed by atoms with van der Waals surface area (Å²) in [5, 5.41) is 0.608. The molecule has 0 spiro atoms. The molecular formula is C27H35N3O6S2. The second-order valence-corrected chi connectivity index (χ2v) is 12.1. The van der Waals surface area contributed by atoms with Crippen LogP contribution in [0.25, 0.3) is 10.2 Å². The van der Waals surface area contributed by atoms with E-state index < -0.39 is 9.84 Å².